The van der Waals surface area contributed by atoms with Crippen LogP contribution in [-0.4, -0.2) is 11.1 Å². The quantitative estimate of drug-likeness (QED) is 0.663. The highest BCUT2D eigenvalue weighted by Gasteiger charge is 2.29. The van der Waals surface area contributed by atoms with E-state index in [1.165, 1.54) is 0 Å². The van der Waals surface area contributed by atoms with Gasteiger partial charge in [0.05, 0.1) is 5.92 Å². The lowest BCUT2D eigenvalue weighted by atomic mass is 9.76. The molecule has 72 valence electrons. The molecule has 0 saturated heterocycles. The van der Waals surface area contributed by atoms with Crippen molar-refractivity contribution in [2.75, 3.05) is 0 Å². The molecule has 2 heteroatoms. The summed E-state index contributed by atoms with van der Waals surface area (Å²) in [6, 6.07) is 0. The molecule has 1 N–H and O–H groups in total. The Hall–Kier alpha value is -1.05. The molecule has 2 unspecified atom stereocenters. The van der Waals surface area contributed by atoms with Crippen molar-refractivity contribution in [2.45, 2.75) is 26.2 Å². The van der Waals surface area contributed by atoms with E-state index in [4.69, 9.17) is 5.11 Å². The molecule has 1 aliphatic rings. The Balaban J connectivity index is 2.68. The molecule has 0 heterocycles. The molecule has 1 saturated carbocycles. The highest BCUT2D eigenvalue weighted by atomic mass is 16.4. The molecule has 0 aromatic heterocycles. The second-order valence-corrected chi connectivity index (χ2v) is 3.87. The molecule has 0 radical (unpaired) electrons. The summed E-state index contributed by atoms with van der Waals surface area (Å²) >= 11 is 0. The van der Waals surface area contributed by atoms with Crippen LogP contribution in [0.2, 0.25) is 0 Å². The van der Waals surface area contributed by atoms with Crippen molar-refractivity contribution in [3.05, 3.63) is 24.3 Å². The molecule has 0 amide bonds. The molecule has 1 aliphatic carbocycles. The minimum atomic E-state index is -0.740. The summed E-state index contributed by atoms with van der Waals surface area (Å²) in [6.45, 7) is 9.65. The predicted octanol–water partition coefficient (Wildman–Crippen LogP) is 2.62. The number of carbonyl (C=O) groups is 1. The van der Waals surface area contributed by atoms with E-state index >= 15 is 0 Å². The van der Waals surface area contributed by atoms with Crippen LogP contribution >= 0.6 is 0 Å². The van der Waals surface area contributed by atoms with Gasteiger partial charge in [0.25, 0.3) is 0 Å². The van der Waals surface area contributed by atoms with E-state index in [-0.39, 0.29) is 5.92 Å². The standard InChI is InChI=1S/C11H16O2/c1-7(2)9-5-4-8(3)10(6-9)11(12)13/h9-10H,1,3-6H2,2H3,(H,12,13). The summed E-state index contributed by atoms with van der Waals surface area (Å²) in [5, 5.41) is 8.92. The zero-order valence-corrected chi connectivity index (χ0v) is 8.05. The first kappa shape index (κ1) is 10.0. The molecule has 0 aromatic carbocycles. The van der Waals surface area contributed by atoms with Crippen LogP contribution in [0.5, 0.6) is 0 Å². The number of aliphatic carboxylic acids is 1. The van der Waals surface area contributed by atoms with Crippen LogP contribution < -0.4 is 0 Å². The van der Waals surface area contributed by atoms with Gasteiger partial charge in [-0.25, -0.2) is 0 Å². The number of hydrogen-bond acceptors (Lipinski definition) is 1. The van der Waals surface area contributed by atoms with Gasteiger partial charge in [0.1, 0.15) is 0 Å². The number of hydrogen-bond donors (Lipinski definition) is 1. The summed E-state index contributed by atoms with van der Waals surface area (Å²) in [5.74, 6) is -0.724. The third kappa shape index (κ3) is 2.20. The monoisotopic (exact) mass is 180 g/mol. The first-order valence-corrected chi connectivity index (χ1v) is 4.58. The maximum Gasteiger partial charge on any atom is 0.310 e. The number of rotatable bonds is 2. The zero-order chi connectivity index (χ0) is 10.0. The molecule has 0 aliphatic heterocycles. The summed E-state index contributed by atoms with van der Waals surface area (Å²) in [7, 11) is 0. The highest BCUT2D eigenvalue weighted by Crippen LogP contribution is 2.35. The Labute approximate surface area is 79.0 Å². The van der Waals surface area contributed by atoms with Crippen molar-refractivity contribution in [3.63, 3.8) is 0 Å². The summed E-state index contributed by atoms with van der Waals surface area (Å²) in [6.07, 6.45) is 2.52. The average Bonchev–Trinajstić information content (AvgIpc) is 2.04. The van der Waals surface area contributed by atoms with E-state index in [0.29, 0.717) is 12.3 Å². The third-order valence-corrected chi connectivity index (χ3v) is 2.82. The van der Waals surface area contributed by atoms with Gasteiger partial charge in [0.15, 0.2) is 0 Å². The molecule has 2 nitrogen and oxygen atoms in total. The van der Waals surface area contributed by atoms with Gasteiger partial charge in [0.2, 0.25) is 0 Å². The SMILES string of the molecule is C=C(C)C1CCC(=C)C(C(=O)O)C1. The minimum Gasteiger partial charge on any atom is -0.481 e. The molecule has 13 heavy (non-hydrogen) atoms. The number of carboxylic acid groups (broad SMARTS) is 1. The van der Waals surface area contributed by atoms with Gasteiger partial charge >= 0.3 is 5.97 Å². The van der Waals surface area contributed by atoms with Crippen molar-refractivity contribution in [2.24, 2.45) is 11.8 Å². The van der Waals surface area contributed by atoms with E-state index in [0.717, 1.165) is 24.0 Å². The van der Waals surface area contributed by atoms with Crippen LogP contribution in [-0.2, 0) is 4.79 Å². The van der Waals surface area contributed by atoms with Gasteiger partial charge in [-0.1, -0.05) is 24.3 Å². The topological polar surface area (TPSA) is 37.3 Å². The first-order valence-electron chi connectivity index (χ1n) is 4.58. The maximum absolute atomic E-state index is 10.8. The lowest BCUT2D eigenvalue weighted by Gasteiger charge is -2.28. The van der Waals surface area contributed by atoms with Gasteiger partial charge < -0.3 is 5.11 Å². The van der Waals surface area contributed by atoms with Gasteiger partial charge in [0, 0.05) is 0 Å². The molecule has 2 atom stereocenters. The summed E-state index contributed by atoms with van der Waals surface area (Å²) in [5.41, 5.74) is 1.96. The smallest absolute Gasteiger partial charge is 0.310 e. The van der Waals surface area contributed by atoms with Crippen molar-refractivity contribution < 1.29 is 9.90 Å². The molecular weight excluding hydrogens is 164 g/mol. The van der Waals surface area contributed by atoms with E-state index in [9.17, 15) is 4.79 Å². The van der Waals surface area contributed by atoms with Crippen LogP contribution in [0.1, 0.15) is 26.2 Å². The number of carboxylic acids is 1. The molecule has 0 aromatic rings. The minimum absolute atomic E-state index is 0.351. The van der Waals surface area contributed by atoms with Crippen molar-refractivity contribution >= 4 is 5.97 Å². The Bertz CT molecular complexity index is 253. The summed E-state index contributed by atoms with van der Waals surface area (Å²) in [4.78, 5) is 10.8. The fourth-order valence-electron chi connectivity index (χ4n) is 1.83. The predicted molar refractivity (Wildman–Crippen MR) is 52.4 cm³/mol. The van der Waals surface area contributed by atoms with Crippen molar-refractivity contribution in [3.8, 4) is 0 Å². The molecular formula is C11H16O2. The molecule has 1 fully saturated rings. The van der Waals surface area contributed by atoms with E-state index in [1.807, 2.05) is 6.92 Å². The van der Waals surface area contributed by atoms with Gasteiger partial charge in [-0.15, -0.1) is 0 Å². The molecule has 0 spiro atoms. The normalized spacial score (nSPS) is 28.5. The first-order chi connectivity index (χ1) is 6.02. The van der Waals surface area contributed by atoms with Crippen LogP contribution in [0, 0.1) is 11.8 Å². The third-order valence-electron chi connectivity index (χ3n) is 2.82. The lowest BCUT2D eigenvalue weighted by molar-refractivity contribution is -0.141. The Morgan fingerprint density at radius 1 is 1.62 bits per heavy atom. The van der Waals surface area contributed by atoms with Gasteiger partial charge in [-0.3, -0.25) is 4.79 Å². The second kappa shape index (κ2) is 3.77. The zero-order valence-electron chi connectivity index (χ0n) is 8.05. The fraction of sp³-hybridized carbons (Fsp3) is 0.545. The largest absolute Gasteiger partial charge is 0.481 e. The average molecular weight is 180 g/mol. The van der Waals surface area contributed by atoms with Crippen LogP contribution in [0.4, 0.5) is 0 Å². The Kier molecular flexibility index (Phi) is 2.91. The van der Waals surface area contributed by atoms with Crippen molar-refractivity contribution in [1.29, 1.82) is 0 Å². The second-order valence-electron chi connectivity index (χ2n) is 3.87. The molecule has 1 rings (SSSR count). The van der Waals surface area contributed by atoms with Crippen molar-refractivity contribution in [1.82, 2.24) is 0 Å². The Morgan fingerprint density at radius 2 is 2.23 bits per heavy atom. The van der Waals surface area contributed by atoms with E-state index in [2.05, 4.69) is 13.2 Å². The molecule has 0 bridgehead atoms. The lowest BCUT2D eigenvalue weighted by Crippen LogP contribution is -2.24. The van der Waals surface area contributed by atoms with E-state index < -0.39 is 5.97 Å². The van der Waals surface area contributed by atoms with Crippen LogP contribution in [0.15, 0.2) is 24.3 Å². The fourth-order valence-corrected chi connectivity index (χ4v) is 1.83. The van der Waals surface area contributed by atoms with Gasteiger partial charge in [-0.2, -0.15) is 0 Å². The van der Waals surface area contributed by atoms with Crippen LogP contribution in [0.25, 0.3) is 0 Å². The Morgan fingerprint density at radius 3 is 2.69 bits per heavy atom. The highest BCUT2D eigenvalue weighted by molar-refractivity contribution is 5.73. The van der Waals surface area contributed by atoms with Gasteiger partial charge in [-0.05, 0) is 32.1 Å². The van der Waals surface area contributed by atoms with Crippen LogP contribution in [0.3, 0.4) is 0 Å². The number of allylic oxidation sites excluding steroid dienone is 1. The summed E-state index contributed by atoms with van der Waals surface area (Å²) < 4.78 is 0. The van der Waals surface area contributed by atoms with E-state index in [1.54, 1.807) is 0 Å². The maximum atomic E-state index is 10.8.